The molecule has 178 valence electrons. The Bertz CT molecular complexity index is 1150. The molecule has 0 aliphatic rings. The van der Waals surface area contributed by atoms with Crippen LogP contribution in [0.4, 0.5) is 5.69 Å². The van der Waals surface area contributed by atoms with Crippen LogP contribution in [-0.4, -0.2) is 31.7 Å². The van der Waals surface area contributed by atoms with Crippen LogP contribution in [-0.2, 0) is 9.59 Å². The Morgan fingerprint density at radius 1 is 0.794 bits per heavy atom. The van der Waals surface area contributed by atoms with Gasteiger partial charge in [0.15, 0.2) is 17.3 Å². The van der Waals surface area contributed by atoms with E-state index in [0.29, 0.717) is 33.6 Å². The van der Waals surface area contributed by atoms with Gasteiger partial charge in [-0.15, -0.1) is 11.3 Å². The average Bonchev–Trinajstić information content (AvgIpc) is 3.28. The number of methoxy groups -OCH3 is 2. The van der Waals surface area contributed by atoms with E-state index in [2.05, 4.69) is 5.32 Å². The summed E-state index contributed by atoms with van der Waals surface area (Å²) in [5.74, 6) is 1.78. The molecule has 0 bridgehead atoms. The quantitative estimate of drug-likeness (QED) is 0.328. The van der Waals surface area contributed by atoms with Gasteiger partial charge in [-0.1, -0.05) is 0 Å². The van der Waals surface area contributed by atoms with Crippen LogP contribution in [0.5, 0.6) is 23.0 Å². The van der Waals surface area contributed by atoms with Crippen molar-refractivity contribution in [3.8, 4) is 23.0 Å². The molecule has 1 aromatic heterocycles. The van der Waals surface area contributed by atoms with Gasteiger partial charge in [-0.05, 0) is 55.5 Å². The molecule has 0 aliphatic carbocycles. The number of carbonyl (C=O) groups excluding carboxylic acids is 3. The third-order valence-corrected chi connectivity index (χ3v) is 6.05. The van der Waals surface area contributed by atoms with E-state index >= 15 is 0 Å². The molecule has 8 heteroatoms. The molecule has 7 nitrogen and oxygen atoms in total. The monoisotopic (exact) mass is 481 g/mol. The Morgan fingerprint density at radius 3 is 2.15 bits per heavy atom. The zero-order valence-corrected chi connectivity index (χ0v) is 20.2. The van der Waals surface area contributed by atoms with Crippen LogP contribution < -0.4 is 19.5 Å². The Labute approximate surface area is 202 Å². The predicted octanol–water partition coefficient (Wildman–Crippen LogP) is 5.82. The number of benzene rings is 2. The third-order valence-electron chi connectivity index (χ3n) is 5.01. The average molecular weight is 482 g/mol. The number of ether oxygens (including phenoxy) is 3. The molecule has 0 unspecified atom stereocenters. The number of hydrogen-bond acceptors (Lipinski definition) is 7. The van der Waals surface area contributed by atoms with E-state index in [1.165, 1.54) is 18.4 Å². The molecule has 1 amide bonds. The zero-order valence-electron chi connectivity index (χ0n) is 19.4. The molecule has 0 spiro atoms. The normalized spacial score (nSPS) is 10.4. The fraction of sp³-hybridized carbons (Fsp3) is 0.269. The van der Waals surface area contributed by atoms with E-state index in [-0.39, 0.29) is 43.2 Å². The Kier molecular flexibility index (Phi) is 8.81. The molecule has 0 atom stereocenters. The summed E-state index contributed by atoms with van der Waals surface area (Å²) >= 11 is 1.42. The van der Waals surface area contributed by atoms with E-state index in [9.17, 15) is 14.4 Å². The molecule has 0 fully saturated rings. The molecule has 0 radical (unpaired) electrons. The van der Waals surface area contributed by atoms with Gasteiger partial charge in [-0.25, -0.2) is 0 Å². The van der Waals surface area contributed by atoms with Gasteiger partial charge in [0.05, 0.1) is 19.1 Å². The summed E-state index contributed by atoms with van der Waals surface area (Å²) < 4.78 is 16.4. The van der Waals surface area contributed by atoms with Gasteiger partial charge in [-0.2, -0.15) is 0 Å². The highest BCUT2D eigenvalue weighted by atomic mass is 32.1. The molecule has 1 heterocycles. The predicted molar refractivity (Wildman–Crippen MR) is 132 cm³/mol. The van der Waals surface area contributed by atoms with Crippen LogP contribution in [0.15, 0.2) is 54.6 Å². The maximum atomic E-state index is 12.4. The van der Waals surface area contributed by atoms with Crippen molar-refractivity contribution in [2.75, 3.05) is 19.5 Å². The second-order valence-electron chi connectivity index (χ2n) is 7.56. The van der Waals surface area contributed by atoms with E-state index in [4.69, 9.17) is 14.2 Å². The first-order valence-electron chi connectivity index (χ1n) is 10.8. The lowest BCUT2D eigenvalue weighted by atomic mass is 10.1. The molecule has 2 aromatic carbocycles. The van der Waals surface area contributed by atoms with Crippen LogP contribution in [0.1, 0.15) is 40.2 Å². The van der Waals surface area contributed by atoms with Gasteiger partial charge in [0.25, 0.3) is 0 Å². The topological polar surface area (TPSA) is 90.9 Å². The number of aryl methyl sites for hydroxylation is 1. The third kappa shape index (κ3) is 7.18. The smallest absolute Gasteiger partial charge is 0.224 e. The molecule has 3 rings (SSSR count). The number of anilines is 1. The van der Waals surface area contributed by atoms with Crippen LogP contribution in [0, 0.1) is 6.92 Å². The van der Waals surface area contributed by atoms with Crippen molar-refractivity contribution < 1.29 is 28.6 Å². The van der Waals surface area contributed by atoms with Crippen LogP contribution >= 0.6 is 11.3 Å². The van der Waals surface area contributed by atoms with Crippen LogP contribution in [0.3, 0.4) is 0 Å². The molecular formula is C26H27NO6S. The molecule has 0 saturated heterocycles. The van der Waals surface area contributed by atoms with Crippen molar-refractivity contribution >= 4 is 34.5 Å². The molecule has 34 heavy (non-hydrogen) atoms. The Balaban J connectivity index is 1.51. The van der Waals surface area contributed by atoms with Gasteiger partial charge in [0.1, 0.15) is 17.3 Å². The summed E-state index contributed by atoms with van der Waals surface area (Å²) in [6.45, 7) is 1.93. The summed E-state index contributed by atoms with van der Waals surface area (Å²) in [7, 11) is 3.12. The minimum Gasteiger partial charge on any atom is -0.497 e. The number of ketones is 2. The Hall–Kier alpha value is -3.65. The summed E-state index contributed by atoms with van der Waals surface area (Å²) in [5, 5.41) is 2.77. The molecule has 3 aromatic rings. The highest BCUT2D eigenvalue weighted by Crippen LogP contribution is 2.34. The SMILES string of the molecule is COc1ccc(Oc2cc(NC(=O)CCC(=O)CCC(=O)c3ccc(C)s3)ccc2OC)cc1. The van der Waals surface area contributed by atoms with Crippen molar-refractivity contribution in [1.29, 1.82) is 0 Å². The van der Waals surface area contributed by atoms with E-state index < -0.39 is 0 Å². The molecule has 0 saturated carbocycles. The summed E-state index contributed by atoms with van der Waals surface area (Å²) in [6, 6.07) is 15.8. The number of nitrogens with one attached hydrogen (secondary N) is 1. The lowest BCUT2D eigenvalue weighted by Gasteiger charge is -2.13. The van der Waals surface area contributed by atoms with Crippen molar-refractivity contribution in [3.63, 3.8) is 0 Å². The largest absolute Gasteiger partial charge is 0.497 e. The number of thiophene rings is 1. The van der Waals surface area contributed by atoms with Gasteiger partial charge in [0.2, 0.25) is 5.91 Å². The first kappa shape index (κ1) is 25.0. The maximum Gasteiger partial charge on any atom is 0.224 e. The first-order chi connectivity index (χ1) is 16.4. The minimum atomic E-state index is -0.297. The second kappa shape index (κ2) is 12.0. The zero-order chi connectivity index (χ0) is 24.5. The number of rotatable bonds is 12. The van der Waals surface area contributed by atoms with Gasteiger partial charge in [-0.3, -0.25) is 14.4 Å². The van der Waals surface area contributed by atoms with Gasteiger partial charge >= 0.3 is 0 Å². The number of Topliss-reactive ketones (excluding diaryl/α,β-unsaturated/α-hetero) is 2. The van der Waals surface area contributed by atoms with Crippen molar-refractivity contribution in [3.05, 3.63) is 64.4 Å². The highest BCUT2D eigenvalue weighted by molar-refractivity contribution is 7.14. The van der Waals surface area contributed by atoms with Crippen molar-refractivity contribution in [1.82, 2.24) is 0 Å². The maximum absolute atomic E-state index is 12.4. The standard InChI is InChI=1S/C26H27NO6S/c1-17-4-14-25(34-17)22(29)12-6-19(28)7-15-26(30)27-18-5-13-23(32-3)24(16-18)33-21-10-8-20(31-2)9-11-21/h4-5,8-11,13-14,16H,6-7,12,15H2,1-3H3,(H,27,30). The van der Waals surface area contributed by atoms with Gasteiger partial charge in [0, 0.05) is 42.3 Å². The molecular weight excluding hydrogens is 454 g/mol. The fourth-order valence-corrected chi connectivity index (χ4v) is 4.00. The summed E-state index contributed by atoms with van der Waals surface area (Å²) in [5.41, 5.74) is 0.519. The van der Waals surface area contributed by atoms with Crippen LogP contribution in [0.25, 0.3) is 0 Å². The molecule has 0 aliphatic heterocycles. The van der Waals surface area contributed by atoms with Crippen molar-refractivity contribution in [2.24, 2.45) is 0 Å². The van der Waals surface area contributed by atoms with E-state index in [1.54, 1.807) is 55.6 Å². The van der Waals surface area contributed by atoms with Gasteiger partial charge < -0.3 is 19.5 Å². The lowest BCUT2D eigenvalue weighted by molar-refractivity contribution is -0.122. The number of carbonyl (C=O) groups is 3. The summed E-state index contributed by atoms with van der Waals surface area (Å²) in [4.78, 5) is 38.4. The highest BCUT2D eigenvalue weighted by Gasteiger charge is 2.14. The second-order valence-corrected chi connectivity index (χ2v) is 8.85. The van der Waals surface area contributed by atoms with Crippen molar-refractivity contribution in [2.45, 2.75) is 32.6 Å². The summed E-state index contributed by atoms with van der Waals surface area (Å²) in [6.07, 6.45) is 0.399. The van der Waals surface area contributed by atoms with E-state index in [1.807, 2.05) is 13.0 Å². The lowest BCUT2D eigenvalue weighted by Crippen LogP contribution is -2.14. The molecule has 1 N–H and O–H groups in total. The van der Waals surface area contributed by atoms with E-state index in [0.717, 1.165) is 4.88 Å². The Morgan fingerprint density at radius 2 is 1.50 bits per heavy atom. The number of hydrogen-bond donors (Lipinski definition) is 1. The first-order valence-corrected chi connectivity index (χ1v) is 11.6. The van der Waals surface area contributed by atoms with Crippen LogP contribution in [0.2, 0.25) is 0 Å². The minimum absolute atomic E-state index is 0.0336. The number of amides is 1. The fourth-order valence-electron chi connectivity index (χ4n) is 3.17.